The minimum absolute atomic E-state index is 0. The van der Waals surface area contributed by atoms with Crippen LogP contribution in [0.5, 0.6) is 0 Å². The van der Waals surface area contributed by atoms with Crippen molar-refractivity contribution in [3.8, 4) is 0 Å². The third-order valence-corrected chi connectivity index (χ3v) is 3.98. The molecule has 0 amide bonds. The van der Waals surface area contributed by atoms with E-state index in [4.69, 9.17) is 23.2 Å². The molecule has 0 unspecified atom stereocenters. The van der Waals surface area contributed by atoms with E-state index in [1.54, 1.807) is 48.5 Å². The quantitative estimate of drug-likeness (QED) is 0.508. The molecular formula is C18H18BrCl2NO2. The first-order valence-electron chi connectivity index (χ1n) is 7.16. The summed E-state index contributed by atoms with van der Waals surface area (Å²) in [6.45, 7) is 0.474. The van der Waals surface area contributed by atoms with Gasteiger partial charge in [0.05, 0.1) is 14.1 Å². The zero-order valence-electron chi connectivity index (χ0n) is 13.4. The lowest BCUT2D eigenvalue weighted by Gasteiger charge is -2.28. The molecule has 0 radical (unpaired) electrons. The van der Waals surface area contributed by atoms with E-state index in [1.165, 1.54) is 0 Å². The van der Waals surface area contributed by atoms with E-state index in [0.717, 1.165) is 0 Å². The van der Waals surface area contributed by atoms with Crippen molar-refractivity contribution in [2.24, 2.45) is 0 Å². The van der Waals surface area contributed by atoms with Crippen LogP contribution >= 0.6 is 23.2 Å². The van der Waals surface area contributed by atoms with E-state index in [2.05, 4.69) is 0 Å². The molecule has 0 saturated heterocycles. The summed E-state index contributed by atoms with van der Waals surface area (Å²) in [5.74, 6) is -0.0360. The predicted molar refractivity (Wildman–Crippen MR) is 93.4 cm³/mol. The van der Waals surface area contributed by atoms with Gasteiger partial charge in [0.2, 0.25) is 11.6 Å². The van der Waals surface area contributed by atoms with Gasteiger partial charge >= 0.3 is 0 Å². The van der Waals surface area contributed by atoms with Gasteiger partial charge in [0.15, 0.2) is 0 Å². The topological polar surface area (TPSA) is 34.1 Å². The lowest BCUT2D eigenvalue weighted by molar-refractivity contribution is -0.873. The Morgan fingerprint density at radius 3 is 1.33 bits per heavy atom. The first kappa shape index (κ1) is 20.8. The molecule has 24 heavy (non-hydrogen) atoms. The van der Waals surface area contributed by atoms with Crippen molar-refractivity contribution < 1.29 is 31.1 Å². The molecule has 0 atom stereocenters. The summed E-state index contributed by atoms with van der Waals surface area (Å²) >= 11 is 11.7. The predicted octanol–water partition coefficient (Wildman–Crippen LogP) is 1.14. The lowest BCUT2D eigenvalue weighted by atomic mass is 10.1. The van der Waals surface area contributed by atoms with Crippen molar-refractivity contribution in [1.29, 1.82) is 0 Å². The molecule has 0 spiro atoms. The smallest absolute Gasteiger partial charge is 0.216 e. The number of nitrogens with zero attached hydrogens (tertiary/aromatic N) is 1. The molecule has 0 aromatic heterocycles. The highest BCUT2D eigenvalue weighted by Crippen LogP contribution is 2.14. The van der Waals surface area contributed by atoms with E-state index in [1.807, 2.05) is 14.1 Å². The number of likely N-dealkylation sites (N-methyl/N-ethyl adjacent to an activating group) is 1. The number of carbonyl (C=O) groups excluding carboxylic acids is 2. The van der Waals surface area contributed by atoms with Gasteiger partial charge in [0.25, 0.3) is 0 Å². The summed E-state index contributed by atoms with van der Waals surface area (Å²) in [6, 6.07) is 13.6. The van der Waals surface area contributed by atoms with Gasteiger partial charge < -0.3 is 21.5 Å². The van der Waals surface area contributed by atoms with Crippen LogP contribution in [0, 0.1) is 0 Å². The Bertz CT molecular complexity index is 651. The molecule has 2 rings (SSSR count). The standard InChI is InChI=1S/C18H18Cl2NO2.BrH/c1-21(2,11-17(22)13-3-7-15(19)8-4-13)12-18(23)14-5-9-16(20)10-6-14;/h3-10H,11-12H2,1-2H3;1H/q+1;/p-1. The van der Waals surface area contributed by atoms with Crippen molar-refractivity contribution in [3.05, 3.63) is 69.7 Å². The van der Waals surface area contributed by atoms with Crippen LogP contribution in [0.1, 0.15) is 20.7 Å². The maximum absolute atomic E-state index is 12.3. The average Bonchev–Trinajstić information content (AvgIpc) is 2.47. The molecule has 128 valence electrons. The number of rotatable bonds is 6. The van der Waals surface area contributed by atoms with Crippen LogP contribution in [0.3, 0.4) is 0 Å². The van der Waals surface area contributed by atoms with Gasteiger partial charge in [-0.05, 0) is 48.5 Å². The van der Waals surface area contributed by atoms with E-state index in [0.29, 0.717) is 21.2 Å². The molecule has 6 heteroatoms. The molecule has 0 saturated carbocycles. The van der Waals surface area contributed by atoms with Crippen LogP contribution in [-0.2, 0) is 0 Å². The number of quaternary nitrogens is 1. The number of hydrogen-bond donors (Lipinski definition) is 0. The number of benzene rings is 2. The van der Waals surface area contributed by atoms with Crippen molar-refractivity contribution >= 4 is 34.8 Å². The first-order chi connectivity index (χ1) is 10.8. The van der Waals surface area contributed by atoms with Gasteiger partial charge in [-0.2, -0.15) is 0 Å². The molecular weight excluding hydrogens is 413 g/mol. The van der Waals surface area contributed by atoms with Crippen LogP contribution in [0.2, 0.25) is 10.0 Å². The SMILES string of the molecule is C[N+](C)(CC(=O)c1ccc(Cl)cc1)CC(=O)c1ccc(Cl)cc1.[Br-]. The zero-order chi connectivity index (χ0) is 17.0. The van der Waals surface area contributed by atoms with Crippen molar-refractivity contribution in [3.63, 3.8) is 0 Å². The summed E-state index contributed by atoms with van der Waals surface area (Å²) < 4.78 is 0.281. The van der Waals surface area contributed by atoms with Gasteiger partial charge in [-0.1, -0.05) is 23.2 Å². The van der Waals surface area contributed by atoms with Gasteiger partial charge in [0.1, 0.15) is 13.1 Å². The Hall–Kier alpha value is -1.20. The van der Waals surface area contributed by atoms with Gasteiger partial charge in [-0.3, -0.25) is 9.59 Å². The normalized spacial score (nSPS) is 10.8. The van der Waals surface area contributed by atoms with Crippen LogP contribution < -0.4 is 17.0 Å². The van der Waals surface area contributed by atoms with E-state index < -0.39 is 0 Å². The second-order valence-electron chi connectivity index (χ2n) is 6.11. The number of carbonyl (C=O) groups is 2. The average molecular weight is 431 g/mol. The third-order valence-electron chi connectivity index (χ3n) is 3.48. The number of halogens is 3. The summed E-state index contributed by atoms with van der Waals surface area (Å²) in [4.78, 5) is 24.7. The Morgan fingerprint density at radius 1 is 0.750 bits per heavy atom. The zero-order valence-corrected chi connectivity index (χ0v) is 16.5. The van der Waals surface area contributed by atoms with E-state index in [-0.39, 0.29) is 46.1 Å². The molecule has 2 aromatic carbocycles. The van der Waals surface area contributed by atoms with Gasteiger partial charge in [-0.25, -0.2) is 0 Å². The Kier molecular flexibility index (Phi) is 7.61. The van der Waals surface area contributed by atoms with Gasteiger partial charge in [0, 0.05) is 21.2 Å². The first-order valence-corrected chi connectivity index (χ1v) is 7.92. The lowest BCUT2D eigenvalue weighted by Crippen LogP contribution is -3.00. The molecule has 0 fully saturated rings. The van der Waals surface area contributed by atoms with Crippen molar-refractivity contribution in [1.82, 2.24) is 0 Å². The maximum atomic E-state index is 12.3. The van der Waals surface area contributed by atoms with Crippen LogP contribution in [0.4, 0.5) is 0 Å². The molecule has 0 N–H and O–H groups in total. The molecule has 3 nitrogen and oxygen atoms in total. The van der Waals surface area contributed by atoms with E-state index in [9.17, 15) is 9.59 Å². The highest BCUT2D eigenvalue weighted by atomic mass is 79.9. The molecule has 0 aliphatic rings. The summed E-state index contributed by atoms with van der Waals surface area (Å²) in [7, 11) is 3.73. The van der Waals surface area contributed by atoms with Crippen LogP contribution in [0.15, 0.2) is 48.5 Å². The highest BCUT2D eigenvalue weighted by Gasteiger charge is 2.25. The van der Waals surface area contributed by atoms with Crippen molar-refractivity contribution in [2.75, 3.05) is 27.2 Å². The largest absolute Gasteiger partial charge is 1.00 e. The monoisotopic (exact) mass is 429 g/mol. The minimum Gasteiger partial charge on any atom is -1.00 e. The maximum Gasteiger partial charge on any atom is 0.216 e. The third kappa shape index (κ3) is 6.02. The minimum atomic E-state index is -0.0180. The summed E-state index contributed by atoms with van der Waals surface area (Å²) in [5, 5.41) is 1.18. The molecule has 0 aliphatic heterocycles. The van der Waals surface area contributed by atoms with Crippen molar-refractivity contribution in [2.45, 2.75) is 0 Å². The highest BCUT2D eigenvalue weighted by molar-refractivity contribution is 6.31. The molecule has 2 aromatic rings. The molecule has 0 bridgehead atoms. The summed E-state index contributed by atoms with van der Waals surface area (Å²) in [6.07, 6.45) is 0. The Balaban J connectivity index is 0.00000288. The van der Waals surface area contributed by atoms with Crippen LogP contribution in [-0.4, -0.2) is 43.2 Å². The van der Waals surface area contributed by atoms with Gasteiger partial charge in [-0.15, -0.1) is 0 Å². The summed E-state index contributed by atoms with van der Waals surface area (Å²) in [5.41, 5.74) is 1.19. The Labute approximate surface area is 162 Å². The second kappa shape index (κ2) is 8.77. The number of ketones is 2. The molecule has 0 heterocycles. The number of hydrogen-bond acceptors (Lipinski definition) is 2. The fourth-order valence-corrected chi connectivity index (χ4v) is 2.54. The second-order valence-corrected chi connectivity index (χ2v) is 6.98. The fourth-order valence-electron chi connectivity index (χ4n) is 2.29. The Morgan fingerprint density at radius 2 is 1.04 bits per heavy atom. The van der Waals surface area contributed by atoms with Crippen LogP contribution in [0.25, 0.3) is 0 Å². The fraction of sp³-hybridized carbons (Fsp3) is 0.222. The van der Waals surface area contributed by atoms with E-state index >= 15 is 0 Å². The number of Topliss-reactive ketones (excluding diaryl/α,β-unsaturated/α-hetero) is 2. The molecule has 0 aliphatic carbocycles.